The minimum absolute atomic E-state index is 0.151. The van der Waals surface area contributed by atoms with Crippen LogP contribution in [0.5, 0.6) is 5.75 Å². The Labute approximate surface area is 118 Å². The summed E-state index contributed by atoms with van der Waals surface area (Å²) in [4.78, 5) is 0. The van der Waals surface area contributed by atoms with Crippen molar-refractivity contribution in [1.29, 1.82) is 0 Å². The van der Waals surface area contributed by atoms with Crippen LogP contribution < -0.4 is 10.5 Å². The number of halogens is 1. The number of fused-ring (bicyclic) bond motifs is 1. The van der Waals surface area contributed by atoms with Crippen molar-refractivity contribution >= 4 is 0 Å². The number of ether oxygens (including phenoxy) is 1. The molecule has 0 bridgehead atoms. The van der Waals surface area contributed by atoms with Crippen LogP contribution in [-0.2, 0) is 0 Å². The third-order valence-electron chi connectivity index (χ3n) is 3.90. The van der Waals surface area contributed by atoms with Crippen LogP contribution in [-0.4, -0.2) is 6.61 Å². The molecule has 1 aliphatic heterocycles. The van der Waals surface area contributed by atoms with E-state index in [-0.39, 0.29) is 11.9 Å². The van der Waals surface area contributed by atoms with Crippen molar-refractivity contribution in [1.82, 2.24) is 0 Å². The van der Waals surface area contributed by atoms with E-state index >= 15 is 0 Å². The average Bonchev–Trinajstić information content (AvgIpc) is 2.47. The number of para-hydroxylation sites is 1. The summed E-state index contributed by atoms with van der Waals surface area (Å²) in [5, 5.41) is 0. The summed E-state index contributed by atoms with van der Waals surface area (Å²) in [5.41, 5.74) is 8.31. The minimum Gasteiger partial charge on any atom is -0.493 e. The second-order valence-electron chi connectivity index (χ2n) is 5.27. The third-order valence-corrected chi connectivity index (χ3v) is 3.90. The summed E-state index contributed by atoms with van der Waals surface area (Å²) in [7, 11) is 0. The lowest BCUT2D eigenvalue weighted by Crippen LogP contribution is -2.20. The second-order valence-corrected chi connectivity index (χ2v) is 5.27. The Hall–Kier alpha value is -1.87. The predicted molar refractivity (Wildman–Crippen MR) is 77.2 cm³/mol. The molecule has 0 saturated heterocycles. The minimum atomic E-state index is -0.231. The third kappa shape index (κ3) is 2.68. The van der Waals surface area contributed by atoms with Crippen LogP contribution in [0.3, 0.4) is 0 Å². The molecule has 0 amide bonds. The van der Waals surface area contributed by atoms with Gasteiger partial charge in [0.05, 0.1) is 6.61 Å². The Bertz CT molecular complexity index is 599. The molecule has 0 aliphatic carbocycles. The van der Waals surface area contributed by atoms with Crippen LogP contribution in [0.25, 0.3) is 0 Å². The van der Waals surface area contributed by atoms with Crippen LogP contribution in [0.15, 0.2) is 48.5 Å². The molecule has 2 N–H and O–H groups in total. The van der Waals surface area contributed by atoms with E-state index in [9.17, 15) is 4.39 Å². The van der Waals surface area contributed by atoms with Crippen LogP contribution in [0, 0.1) is 5.82 Å². The van der Waals surface area contributed by atoms with Gasteiger partial charge in [0.1, 0.15) is 11.6 Å². The summed E-state index contributed by atoms with van der Waals surface area (Å²) >= 11 is 0. The van der Waals surface area contributed by atoms with Gasteiger partial charge in [0.2, 0.25) is 0 Å². The summed E-state index contributed by atoms with van der Waals surface area (Å²) in [5.74, 6) is 1.10. The van der Waals surface area contributed by atoms with E-state index in [1.165, 1.54) is 17.7 Å². The fraction of sp³-hybridized carbons (Fsp3) is 0.294. The molecule has 3 rings (SSSR count). The lowest BCUT2D eigenvalue weighted by atomic mass is 9.86. The van der Waals surface area contributed by atoms with E-state index in [2.05, 4.69) is 6.07 Å². The van der Waals surface area contributed by atoms with E-state index in [0.29, 0.717) is 5.92 Å². The number of nitrogens with two attached hydrogens (primary N) is 1. The van der Waals surface area contributed by atoms with Crippen molar-refractivity contribution in [3.8, 4) is 5.75 Å². The smallest absolute Gasteiger partial charge is 0.123 e. The van der Waals surface area contributed by atoms with Gasteiger partial charge < -0.3 is 10.5 Å². The molecule has 0 aromatic heterocycles. The number of hydrogen-bond donors (Lipinski definition) is 1. The van der Waals surface area contributed by atoms with Gasteiger partial charge in [0, 0.05) is 6.04 Å². The first-order chi connectivity index (χ1) is 9.74. The van der Waals surface area contributed by atoms with Crippen LogP contribution in [0.1, 0.15) is 35.9 Å². The van der Waals surface area contributed by atoms with Gasteiger partial charge in [-0.1, -0.05) is 30.3 Å². The fourth-order valence-electron chi connectivity index (χ4n) is 2.84. The molecule has 3 heteroatoms. The van der Waals surface area contributed by atoms with Crippen molar-refractivity contribution < 1.29 is 9.13 Å². The highest BCUT2D eigenvalue weighted by Crippen LogP contribution is 2.38. The Kier molecular flexibility index (Phi) is 3.70. The van der Waals surface area contributed by atoms with Gasteiger partial charge in [-0.2, -0.15) is 0 Å². The Morgan fingerprint density at radius 3 is 2.90 bits per heavy atom. The first-order valence-corrected chi connectivity index (χ1v) is 6.97. The van der Waals surface area contributed by atoms with Crippen molar-refractivity contribution in [3.05, 3.63) is 65.5 Å². The van der Waals surface area contributed by atoms with Crippen LogP contribution >= 0.6 is 0 Å². The molecular weight excluding hydrogens is 253 g/mol. The van der Waals surface area contributed by atoms with Crippen molar-refractivity contribution in [2.45, 2.75) is 24.8 Å². The van der Waals surface area contributed by atoms with Crippen molar-refractivity contribution in [2.75, 3.05) is 6.61 Å². The number of benzene rings is 2. The molecule has 2 aromatic rings. The van der Waals surface area contributed by atoms with Gasteiger partial charge in [-0.3, -0.25) is 0 Å². The Morgan fingerprint density at radius 1 is 1.20 bits per heavy atom. The SMILES string of the molecule is NC(CC1CCOc2ccccc21)c1cccc(F)c1. The number of rotatable bonds is 3. The molecule has 0 fully saturated rings. The standard InChI is InChI=1S/C17H18FNO/c18-14-5-3-4-13(10-14)16(19)11-12-8-9-20-17-7-2-1-6-15(12)17/h1-7,10,12,16H,8-9,11,19H2. The van der Waals surface area contributed by atoms with Crippen molar-refractivity contribution in [3.63, 3.8) is 0 Å². The second kappa shape index (κ2) is 5.63. The molecule has 0 radical (unpaired) electrons. The quantitative estimate of drug-likeness (QED) is 0.922. The molecule has 1 heterocycles. The molecule has 20 heavy (non-hydrogen) atoms. The largest absolute Gasteiger partial charge is 0.493 e. The normalized spacial score (nSPS) is 19.0. The monoisotopic (exact) mass is 271 g/mol. The molecule has 104 valence electrons. The highest BCUT2D eigenvalue weighted by Gasteiger charge is 2.23. The van der Waals surface area contributed by atoms with Crippen molar-refractivity contribution in [2.24, 2.45) is 5.73 Å². The maximum atomic E-state index is 13.3. The molecule has 1 aliphatic rings. The lowest BCUT2D eigenvalue weighted by molar-refractivity contribution is 0.259. The fourth-order valence-corrected chi connectivity index (χ4v) is 2.84. The highest BCUT2D eigenvalue weighted by molar-refractivity contribution is 5.38. The summed E-state index contributed by atoms with van der Waals surface area (Å²) in [6.45, 7) is 0.720. The predicted octanol–water partition coefficient (Wildman–Crippen LogP) is 3.78. The van der Waals surface area contributed by atoms with Gasteiger partial charge >= 0.3 is 0 Å². The van der Waals surface area contributed by atoms with E-state index in [1.807, 2.05) is 24.3 Å². The first-order valence-electron chi connectivity index (χ1n) is 6.97. The lowest BCUT2D eigenvalue weighted by Gasteiger charge is -2.28. The zero-order valence-corrected chi connectivity index (χ0v) is 11.3. The molecule has 2 aromatic carbocycles. The summed E-state index contributed by atoms with van der Waals surface area (Å²) in [6.07, 6.45) is 1.77. The van der Waals surface area contributed by atoms with Gasteiger partial charge in [0.25, 0.3) is 0 Å². The van der Waals surface area contributed by atoms with E-state index in [0.717, 1.165) is 30.8 Å². The first kappa shape index (κ1) is 13.1. The zero-order valence-electron chi connectivity index (χ0n) is 11.3. The molecule has 0 saturated carbocycles. The maximum absolute atomic E-state index is 13.3. The van der Waals surface area contributed by atoms with Crippen LogP contribution in [0.2, 0.25) is 0 Å². The maximum Gasteiger partial charge on any atom is 0.123 e. The van der Waals surface area contributed by atoms with Crippen LogP contribution in [0.4, 0.5) is 4.39 Å². The molecule has 2 unspecified atom stereocenters. The number of hydrogen-bond acceptors (Lipinski definition) is 2. The molecule has 0 spiro atoms. The molecule has 2 atom stereocenters. The summed E-state index contributed by atoms with van der Waals surface area (Å²) in [6, 6.07) is 14.5. The molecule has 2 nitrogen and oxygen atoms in total. The Balaban J connectivity index is 1.79. The van der Waals surface area contributed by atoms with Gasteiger partial charge in [-0.05, 0) is 48.1 Å². The van der Waals surface area contributed by atoms with E-state index in [1.54, 1.807) is 6.07 Å². The molecular formula is C17H18FNO. The zero-order chi connectivity index (χ0) is 13.9. The highest BCUT2D eigenvalue weighted by atomic mass is 19.1. The Morgan fingerprint density at radius 2 is 2.05 bits per heavy atom. The van der Waals surface area contributed by atoms with Gasteiger partial charge in [0.15, 0.2) is 0 Å². The van der Waals surface area contributed by atoms with Gasteiger partial charge in [-0.15, -0.1) is 0 Å². The topological polar surface area (TPSA) is 35.2 Å². The van der Waals surface area contributed by atoms with E-state index in [4.69, 9.17) is 10.5 Å². The average molecular weight is 271 g/mol. The summed E-state index contributed by atoms with van der Waals surface area (Å²) < 4.78 is 18.9. The van der Waals surface area contributed by atoms with E-state index < -0.39 is 0 Å². The van der Waals surface area contributed by atoms with Gasteiger partial charge in [-0.25, -0.2) is 4.39 Å².